The molecule has 5 nitrogen and oxygen atoms in total. The molecule has 1 saturated heterocycles. The summed E-state index contributed by atoms with van der Waals surface area (Å²) in [5.74, 6) is 0.614. The summed E-state index contributed by atoms with van der Waals surface area (Å²) < 4.78 is 10.7. The fourth-order valence-electron chi connectivity index (χ4n) is 3.65. The number of amides is 1. The number of nitrogens with zero attached hydrogens (tertiary/aromatic N) is 1. The molecule has 1 aliphatic heterocycles. The van der Waals surface area contributed by atoms with Gasteiger partial charge in [0.05, 0.1) is 7.11 Å². The van der Waals surface area contributed by atoms with Crippen molar-refractivity contribution in [1.82, 2.24) is 4.90 Å². The second-order valence-electron chi connectivity index (χ2n) is 6.86. The second kappa shape index (κ2) is 6.83. The number of rotatable bonds is 6. The van der Waals surface area contributed by atoms with E-state index >= 15 is 0 Å². The van der Waals surface area contributed by atoms with E-state index in [1.54, 1.807) is 12.0 Å². The highest BCUT2D eigenvalue weighted by atomic mass is 16.5. The highest BCUT2D eigenvalue weighted by Crippen LogP contribution is 2.51. The number of carbonyl (C=O) groups is 2. The van der Waals surface area contributed by atoms with Crippen LogP contribution in [0.2, 0.25) is 0 Å². The van der Waals surface area contributed by atoms with Gasteiger partial charge in [0.1, 0.15) is 18.4 Å². The first-order valence-corrected chi connectivity index (χ1v) is 8.81. The van der Waals surface area contributed by atoms with E-state index in [0.717, 1.165) is 23.3 Å². The van der Waals surface area contributed by atoms with Gasteiger partial charge >= 0.3 is 5.97 Å². The molecule has 2 aliphatic rings. The van der Waals surface area contributed by atoms with Gasteiger partial charge in [-0.15, -0.1) is 0 Å². The summed E-state index contributed by atoms with van der Waals surface area (Å²) in [4.78, 5) is 26.9. The number of hydrogen-bond donors (Lipinski definition) is 0. The van der Waals surface area contributed by atoms with Crippen LogP contribution in [0.5, 0.6) is 5.75 Å². The van der Waals surface area contributed by atoms with Gasteiger partial charge in [-0.25, -0.2) is 4.79 Å². The Hall–Kier alpha value is -2.82. The third-order valence-electron chi connectivity index (χ3n) is 5.16. The number of piperidine rings is 1. The van der Waals surface area contributed by atoms with E-state index < -0.39 is 6.04 Å². The maximum Gasteiger partial charge on any atom is 0.329 e. The lowest BCUT2D eigenvalue weighted by atomic mass is 10.1. The Morgan fingerprint density at radius 3 is 2.50 bits per heavy atom. The van der Waals surface area contributed by atoms with Gasteiger partial charge in [-0.2, -0.15) is 0 Å². The molecule has 0 bridgehead atoms. The van der Waals surface area contributed by atoms with Crippen LogP contribution in [-0.4, -0.2) is 29.9 Å². The molecule has 1 heterocycles. The van der Waals surface area contributed by atoms with Gasteiger partial charge in [-0.3, -0.25) is 4.79 Å². The lowest BCUT2D eigenvalue weighted by molar-refractivity contribution is -0.155. The van der Waals surface area contributed by atoms with Crippen LogP contribution in [0.4, 0.5) is 0 Å². The standard InChI is InChI=1S/C21H21NO4/c1-25-16-9-7-14(8-10-16)12-22-19(17-11-18(17)20(22)23)21(24)26-13-15-5-3-2-4-6-15/h2-10,17-19H,11-13H2,1H3. The van der Waals surface area contributed by atoms with E-state index in [2.05, 4.69) is 0 Å². The summed E-state index contributed by atoms with van der Waals surface area (Å²) in [7, 11) is 1.62. The summed E-state index contributed by atoms with van der Waals surface area (Å²) in [6.45, 7) is 0.652. The van der Waals surface area contributed by atoms with Crippen LogP contribution in [0.25, 0.3) is 0 Å². The SMILES string of the molecule is COc1ccc(CN2C(=O)C3CC3C2C(=O)OCc2ccccc2)cc1. The zero-order valence-electron chi connectivity index (χ0n) is 14.6. The van der Waals surface area contributed by atoms with Crippen molar-refractivity contribution in [3.05, 3.63) is 65.7 Å². The van der Waals surface area contributed by atoms with Crippen molar-refractivity contribution in [2.75, 3.05) is 7.11 Å². The smallest absolute Gasteiger partial charge is 0.329 e. The van der Waals surface area contributed by atoms with Gasteiger partial charge in [0.15, 0.2) is 0 Å². The van der Waals surface area contributed by atoms with Gasteiger partial charge in [0.25, 0.3) is 0 Å². The van der Waals surface area contributed by atoms with E-state index in [4.69, 9.17) is 9.47 Å². The van der Waals surface area contributed by atoms with E-state index in [1.165, 1.54) is 0 Å². The maximum atomic E-state index is 12.7. The molecule has 3 atom stereocenters. The zero-order valence-corrected chi connectivity index (χ0v) is 14.6. The molecule has 0 aromatic heterocycles. The lowest BCUT2D eigenvalue weighted by Gasteiger charge is -2.26. The first-order chi connectivity index (χ1) is 12.7. The molecule has 134 valence electrons. The van der Waals surface area contributed by atoms with Crippen LogP contribution in [0, 0.1) is 11.8 Å². The van der Waals surface area contributed by atoms with Crippen LogP contribution in [0.15, 0.2) is 54.6 Å². The fraction of sp³-hybridized carbons (Fsp3) is 0.333. The Morgan fingerprint density at radius 1 is 1.08 bits per heavy atom. The Kier molecular flexibility index (Phi) is 4.37. The van der Waals surface area contributed by atoms with E-state index in [-0.39, 0.29) is 30.3 Å². The minimum absolute atomic E-state index is 0.0116. The second-order valence-corrected chi connectivity index (χ2v) is 6.86. The molecule has 1 saturated carbocycles. The molecule has 3 unspecified atom stereocenters. The zero-order chi connectivity index (χ0) is 18.1. The number of benzene rings is 2. The molecule has 0 N–H and O–H groups in total. The fourth-order valence-corrected chi connectivity index (χ4v) is 3.65. The maximum absolute atomic E-state index is 12.7. The first-order valence-electron chi connectivity index (χ1n) is 8.81. The van der Waals surface area contributed by atoms with Crippen molar-refractivity contribution in [3.63, 3.8) is 0 Å². The Labute approximate surface area is 152 Å². The molecule has 2 aromatic rings. The van der Waals surface area contributed by atoms with E-state index in [0.29, 0.717) is 6.54 Å². The number of likely N-dealkylation sites (tertiary alicyclic amines) is 1. The van der Waals surface area contributed by atoms with Crippen molar-refractivity contribution in [3.8, 4) is 5.75 Å². The molecule has 2 fully saturated rings. The third kappa shape index (κ3) is 3.17. The summed E-state index contributed by atoms with van der Waals surface area (Å²) in [6.07, 6.45) is 0.795. The summed E-state index contributed by atoms with van der Waals surface area (Å²) in [6, 6.07) is 16.7. The molecule has 1 aliphatic carbocycles. The molecular weight excluding hydrogens is 330 g/mol. The van der Waals surface area contributed by atoms with Gasteiger partial charge < -0.3 is 14.4 Å². The first kappa shape index (κ1) is 16.6. The number of ether oxygens (including phenoxy) is 2. The Bertz CT molecular complexity index is 803. The predicted molar refractivity (Wildman–Crippen MR) is 95.2 cm³/mol. The quantitative estimate of drug-likeness (QED) is 0.751. The molecule has 0 radical (unpaired) electrons. The highest BCUT2D eigenvalue weighted by Gasteiger charge is 2.61. The topological polar surface area (TPSA) is 55.8 Å². The van der Waals surface area contributed by atoms with Crippen molar-refractivity contribution in [2.45, 2.75) is 25.6 Å². The van der Waals surface area contributed by atoms with E-state index in [9.17, 15) is 9.59 Å². The number of carbonyl (C=O) groups excluding carboxylic acids is 2. The predicted octanol–water partition coefficient (Wildman–Crippen LogP) is 2.79. The van der Waals surface area contributed by atoms with Crippen LogP contribution >= 0.6 is 0 Å². The van der Waals surface area contributed by atoms with Crippen LogP contribution in [0.1, 0.15) is 17.5 Å². The molecular formula is C21H21NO4. The number of hydrogen-bond acceptors (Lipinski definition) is 4. The molecule has 2 aromatic carbocycles. The van der Waals surface area contributed by atoms with E-state index in [1.807, 2.05) is 54.6 Å². The average Bonchev–Trinajstić information content (AvgIpc) is 3.42. The minimum atomic E-state index is -0.474. The number of methoxy groups -OCH3 is 1. The van der Waals surface area contributed by atoms with Crippen LogP contribution in [0.3, 0.4) is 0 Å². The highest BCUT2D eigenvalue weighted by molar-refractivity contribution is 5.93. The number of esters is 1. The normalized spacial score (nSPS) is 23.5. The van der Waals surface area contributed by atoms with Gasteiger partial charge in [0, 0.05) is 18.4 Å². The molecule has 4 rings (SSSR count). The van der Waals surface area contributed by atoms with Crippen molar-refractivity contribution in [2.24, 2.45) is 11.8 Å². The van der Waals surface area contributed by atoms with Gasteiger partial charge in [0.2, 0.25) is 5.91 Å². The largest absolute Gasteiger partial charge is 0.497 e. The Morgan fingerprint density at radius 2 is 1.81 bits per heavy atom. The monoisotopic (exact) mass is 351 g/mol. The summed E-state index contributed by atoms with van der Waals surface area (Å²) in [5, 5.41) is 0. The summed E-state index contributed by atoms with van der Waals surface area (Å²) in [5.41, 5.74) is 1.92. The Balaban J connectivity index is 1.44. The molecule has 26 heavy (non-hydrogen) atoms. The van der Waals surface area contributed by atoms with Crippen LogP contribution < -0.4 is 4.74 Å². The van der Waals surface area contributed by atoms with Crippen molar-refractivity contribution < 1.29 is 19.1 Å². The minimum Gasteiger partial charge on any atom is -0.497 e. The molecule has 0 spiro atoms. The molecule has 1 amide bonds. The summed E-state index contributed by atoms with van der Waals surface area (Å²) >= 11 is 0. The molecule has 5 heteroatoms. The van der Waals surface area contributed by atoms with Crippen LogP contribution in [-0.2, 0) is 27.5 Å². The third-order valence-corrected chi connectivity index (χ3v) is 5.16. The lowest BCUT2D eigenvalue weighted by Crippen LogP contribution is -2.42. The van der Waals surface area contributed by atoms with Crippen molar-refractivity contribution in [1.29, 1.82) is 0 Å². The number of fused-ring (bicyclic) bond motifs is 1. The van der Waals surface area contributed by atoms with Gasteiger partial charge in [-0.1, -0.05) is 42.5 Å². The van der Waals surface area contributed by atoms with Crippen molar-refractivity contribution >= 4 is 11.9 Å². The van der Waals surface area contributed by atoms with Gasteiger partial charge in [-0.05, 0) is 29.7 Å². The average molecular weight is 351 g/mol.